The molecule has 0 atom stereocenters. The Balaban J connectivity index is 2.23. The number of nitrogens with one attached hydrogen (secondary N) is 1. The standard InChI is InChI=1S/C10H17N3/c1-8-6-12-10(7-11-2)13(8)9-4-3-5-9/h6,9,11H,3-5,7H2,1-2H3. The lowest BCUT2D eigenvalue weighted by molar-refractivity contribution is 0.300. The quantitative estimate of drug-likeness (QED) is 0.764. The molecule has 1 aliphatic carbocycles. The second-order valence-electron chi connectivity index (χ2n) is 3.80. The van der Waals surface area contributed by atoms with Crippen LogP contribution in [0.2, 0.25) is 0 Å². The Kier molecular flexibility index (Phi) is 2.36. The Bertz CT molecular complexity index is 286. The van der Waals surface area contributed by atoms with Gasteiger partial charge in [-0.1, -0.05) is 0 Å². The van der Waals surface area contributed by atoms with Gasteiger partial charge in [-0.15, -0.1) is 0 Å². The van der Waals surface area contributed by atoms with Crippen LogP contribution in [-0.4, -0.2) is 16.6 Å². The zero-order chi connectivity index (χ0) is 9.26. The summed E-state index contributed by atoms with van der Waals surface area (Å²) in [7, 11) is 1.97. The Morgan fingerprint density at radius 3 is 2.92 bits per heavy atom. The second kappa shape index (κ2) is 3.50. The van der Waals surface area contributed by atoms with Crippen LogP contribution in [0.3, 0.4) is 0 Å². The fourth-order valence-electron chi connectivity index (χ4n) is 1.93. The van der Waals surface area contributed by atoms with Gasteiger partial charge in [0, 0.05) is 17.9 Å². The van der Waals surface area contributed by atoms with E-state index in [1.165, 1.54) is 30.8 Å². The van der Waals surface area contributed by atoms with E-state index < -0.39 is 0 Å². The molecule has 0 amide bonds. The maximum atomic E-state index is 4.41. The Morgan fingerprint density at radius 2 is 2.38 bits per heavy atom. The third-order valence-electron chi connectivity index (χ3n) is 2.83. The van der Waals surface area contributed by atoms with E-state index in [0.29, 0.717) is 0 Å². The van der Waals surface area contributed by atoms with Crippen molar-refractivity contribution in [1.82, 2.24) is 14.9 Å². The lowest BCUT2D eigenvalue weighted by atomic mass is 9.92. The maximum absolute atomic E-state index is 4.41. The summed E-state index contributed by atoms with van der Waals surface area (Å²) in [4.78, 5) is 4.41. The van der Waals surface area contributed by atoms with E-state index in [-0.39, 0.29) is 0 Å². The third-order valence-corrected chi connectivity index (χ3v) is 2.83. The molecule has 0 saturated heterocycles. The molecule has 1 heterocycles. The molecule has 0 bridgehead atoms. The summed E-state index contributed by atoms with van der Waals surface area (Å²) < 4.78 is 2.39. The first-order valence-corrected chi connectivity index (χ1v) is 5.00. The van der Waals surface area contributed by atoms with Crippen molar-refractivity contribution >= 4 is 0 Å². The van der Waals surface area contributed by atoms with Gasteiger partial charge >= 0.3 is 0 Å². The molecule has 1 aromatic heterocycles. The number of aryl methyl sites for hydroxylation is 1. The van der Waals surface area contributed by atoms with E-state index >= 15 is 0 Å². The SMILES string of the molecule is CNCc1ncc(C)n1C1CCC1. The first kappa shape index (κ1) is 8.75. The van der Waals surface area contributed by atoms with Crippen molar-refractivity contribution in [2.75, 3.05) is 7.05 Å². The first-order chi connectivity index (χ1) is 6.33. The molecule has 1 saturated carbocycles. The Labute approximate surface area is 79.2 Å². The summed E-state index contributed by atoms with van der Waals surface area (Å²) in [5.74, 6) is 1.18. The van der Waals surface area contributed by atoms with E-state index in [0.717, 1.165) is 12.6 Å². The van der Waals surface area contributed by atoms with Gasteiger partial charge in [-0.3, -0.25) is 0 Å². The average Bonchev–Trinajstić information content (AvgIpc) is 2.34. The molecule has 13 heavy (non-hydrogen) atoms. The van der Waals surface area contributed by atoms with Crippen molar-refractivity contribution in [3.8, 4) is 0 Å². The van der Waals surface area contributed by atoms with Crippen LogP contribution < -0.4 is 5.32 Å². The minimum Gasteiger partial charge on any atom is -0.328 e. The first-order valence-electron chi connectivity index (χ1n) is 5.00. The van der Waals surface area contributed by atoms with Gasteiger partial charge in [0.05, 0.1) is 6.54 Å². The molecule has 0 aromatic carbocycles. The molecule has 72 valence electrons. The summed E-state index contributed by atoms with van der Waals surface area (Å²) in [6, 6.07) is 0.728. The Morgan fingerprint density at radius 1 is 1.62 bits per heavy atom. The zero-order valence-electron chi connectivity index (χ0n) is 8.38. The van der Waals surface area contributed by atoms with Crippen molar-refractivity contribution in [2.45, 2.75) is 38.8 Å². The fourth-order valence-corrected chi connectivity index (χ4v) is 1.93. The van der Waals surface area contributed by atoms with E-state index in [2.05, 4.69) is 21.8 Å². The molecule has 3 nitrogen and oxygen atoms in total. The summed E-state index contributed by atoms with van der Waals surface area (Å²) in [5, 5.41) is 3.16. The molecule has 1 aromatic rings. The van der Waals surface area contributed by atoms with Crippen LogP contribution in [0, 0.1) is 6.92 Å². The van der Waals surface area contributed by atoms with Crippen molar-refractivity contribution in [1.29, 1.82) is 0 Å². The highest BCUT2D eigenvalue weighted by molar-refractivity contribution is 5.06. The van der Waals surface area contributed by atoms with Crippen molar-refractivity contribution in [3.63, 3.8) is 0 Å². The predicted molar refractivity (Wildman–Crippen MR) is 52.6 cm³/mol. The average molecular weight is 179 g/mol. The summed E-state index contributed by atoms with van der Waals surface area (Å²) >= 11 is 0. The number of imidazole rings is 1. The van der Waals surface area contributed by atoms with Crippen LogP contribution in [0.25, 0.3) is 0 Å². The minimum atomic E-state index is 0.728. The van der Waals surface area contributed by atoms with Crippen LogP contribution in [0.4, 0.5) is 0 Å². The van der Waals surface area contributed by atoms with Gasteiger partial charge in [0.2, 0.25) is 0 Å². The highest BCUT2D eigenvalue weighted by Gasteiger charge is 2.22. The van der Waals surface area contributed by atoms with Crippen molar-refractivity contribution < 1.29 is 0 Å². The van der Waals surface area contributed by atoms with E-state index in [9.17, 15) is 0 Å². The van der Waals surface area contributed by atoms with Crippen molar-refractivity contribution in [2.24, 2.45) is 0 Å². The third kappa shape index (κ3) is 1.48. The zero-order valence-corrected chi connectivity index (χ0v) is 8.38. The molecule has 3 heteroatoms. The van der Waals surface area contributed by atoms with Gasteiger partial charge in [-0.2, -0.15) is 0 Å². The van der Waals surface area contributed by atoms with Crippen molar-refractivity contribution in [3.05, 3.63) is 17.7 Å². The molecular weight excluding hydrogens is 162 g/mol. The van der Waals surface area contributed by atoms with E-state index in [4.69, 9.17) is 0 Å². The van der Waals surface area contributed by atoms with Gasteiger partial charge in [0.15, 0.2) is 0 Å². The van der Waals surface area contributed by atoms with Crippen LogP contribution in [-0.2, 0) is 6.54 Å². The minimum absolute atomic E-state index is 0.728. The molecule has 0 aliphatic heterocycles. The molecule has 0 unspecified atom stereocenters. The Hall–Kier alpha value is -0.830. The highest BCUT2D eigenvalue weighted by Crippen LogP contribution is 2.33. The molecular formula is C10H17N3. The topological polar surface area (TPSA) is 29.9 Å². The van der Waals surface area contributed by atoms with Gasteiger partial charge in [-0.25, -0.2) is 4.98 Å². The monoisotopic (exact) mass is 179 g/mol. The van der Waals surface area contributed by atoms with Crippen LogP contribution in [0.1, 0.15) is 36.8 Å². The molecule has 0 spiro atoms. The van der Waals surface area contributed by atoms with Crippen LogP contribution >= 0.6 is 0 Å². The van der Waals surface area contributed by atoms with Gasteiger partial charge in [0.25, 0.3) is 0 Å². The number of nitrogens with zero attached hydrogens (tertiary/aromatic N) is 2. The number of aromatic nitrogens is 2. The largest absolute Gasteiger partial charge is 0.328 e. The van der Waals surface area contributed by atoms with Crippen LogP contribution in [0.15, 0.2) is 6.20 Å². The summed E-state index contributed by atoms with van der Waals surface area (Å²) in [6.45, 7) is 3.02. The lowest BCUT2D eigenvalue weighted by Gasteiger charge is -2.29. The number of hydrogen-bond donors (Lipinski definition) is 1. The van der Waals surface area contributed by atoms with E-state index in [1.807, 2.05) is 13.2 Å². The smallest absolute Gasteiger partial charge is 0.123 e. The normalized spacial score (nSPS) is 17.4. The molecule has 2 rings (SSSR count). The summed E-state index contributed by atoms with van der Waals surface area (Å²) in [5.41, 5.74) is 1.30. The summed E-state index contributed by atoms with van der Waals surface area (Å²) in [6.07, 6.45) is 6.01. The predicted octanol–water partition coefficient (Wildman–Crippen LogP) is 1.64. The van der Waals surface area contributed by atoms with Gasteiger partial charge < -0.3 is 9.88 Å². The molecule has 0 radical (unpaired) electrons. The van der Waals surface area contributed by atoms with Crippen LogP contribution in [0.5, 0.6) is 0 Å². The number of hydrogen-bond acceptors (Lipinski definition) is 2. The van der Waals surface area contributed by atoms with Gasteiger partial charge in [0.1, 0.15) is 5.82 Å². The van der Waals surface area contributed by atoms with E-state index in [1.54, 1.807) is 0 Å². The fraction of sp³-hybridized carbons (Fsp3) is 0.700. The maximum Gasteiger partial charge on any atom is 0.123 e. The second-order valence-corrected chi connectivity index (χ2v) is 3.80. The molecule has 1 fully saturated rings. The lowest BCUT2D eigenvalue weighted by Crippen LogP contribution is -2.22. The molecule has 1 aliphatic rings. The number of rotatable bonds is 3. The van der Waals surface area contributed by atoms with Gasteiger partial charge in [-0.05, 0) is 33.2 Å². The highest BCUT2D eigenvalue weighted by atomic mass is 15.1. The molecule has 1 N–H and O–H groups in total.